The van der Waals surface area contributed by atoms with Crippen molar-refractivity contribution in [1.29, 1.82) is 0 Å². The fourth-order valence-corrected chi connectivity index (χ4v) is 1.16. The lowest BCUT2D eigenvalue weighted by Crippen LogP contribution is -2.17. The highest BCUT2D eigenvalue weighted by Gasteiger charge is 2.13. The van der Waals surface area contributed by atoms with Crippen molar-refractivity contribution in [2.45, 2.75) is 32.3 Å². The highest BCUT2D eigenvalue weighted by molar-refractivity contribution is 4.70. The topological polar surface area (TPSA) is 21.3 Å². The minimum Gasteiger partial charge on any atom is -0.377 e. The number of ether oxygens (including phenoxy) is 1. The standard InChI is InChI=1S/C8H17NO/c1-2-3-6-10-8-4-5-9-7-8/h8-9H,2-7H2,1H3. The Morgan fingerprint density at radius 3 is 3.10 bits per heavy atom. The van der Waals surface area contributed by atoms with Crippen LogP contribution in [0.15, 0.2) is 0 Å². The third-order valence-electron chi connectivity index (χ3n) is 1.87. The van der Waals surface area contributed by atoms with Gasteiger partial charge < -0.3 is 10.1 Å². The van der Waals surface area contributed by atoms with Gasteiger partial charge in [0.1, 0.15) is 0 Å². The van der Waals surface area contributed by atoms with Crippen LogP contribution in [0.5, 0.6) is 0 Å². The van der Waals surface area contributed by atoms with Gasteiger partial charge in [-0.2, -0.15) is 0 Å². The summed E-state index contributed by atoms with van der Waals surface area (Å²) in [6.45, 7) is 5.33. The Bertz CT molecular complexity index is 79.3. The third-order valence-corrected chi connectivity index (χ3v) is 1.87. The zero-order chi connectivity index (χ0) is 7.23. The number of nitrogens with one attached hydrogen (secondary N) is 1. The molecule has 1 N–H and O–H groups in total. The molecule has 2 heteroatoms. The summed E-state index contributed by atoms with van der Waals surface area (Å²) in [5.74, 6) is 0. The van der Waals surface area contributed by atoms with E-state index in [1.54, 1.807) is 0 Å². The van der Waals surface area contributed by atoms with Crippen LogP contribution in [0, 0.1) is 0 Å². The van der Waals surface area contributed by atoms with Crippen molar-refractivity contribution in [2.24, 2.45) is 0 Å². The van der Waals surface area contributed by atoms with Crippen LogP contribution in [-0.2, 0) is 4.74 Å². The largest absolute Gasteiger partial charge is 0.377 e. The third kappa shape index (κ3) is 2.67. The van der Waals surface area contributed by atoms with Gasteiger partial charge in [-0.3, -0.25) is 0 Å². The maximum Gasteiger partial charge on any atom is 0.0711 e. The molecule has 0 amide bonds. The number of hydrogen-bond acceptors (Lipinski definition) is 2. The van der Waals surface area contributed by atoms with Crippen LogP contribution in [0.4, 0.5) is 0 Å². The highest BCUT2D eigenvalue weighted by Crippen LogP contribution is 2.03. The van der Waals surface area contributed by atoms with Gasteiger partial charge in [-0.1, -0.05) is 13.3 Å². The van der Waals surface area contributed by atoms with E-state index >= 15 is 0 Å². The minimum absolute atomic E-state index is 0.506. The summed E-state index contributed by atoms with van der Waals surface area (Å²) >= 11 is 0. The quantitative estimate of drug-likeness (QED) is 0.596. The summed E-state index contributed by atoms with van der Waals surface area (Å²) in [4.78, 5) is 0. The molecule has 1 saturated heterocycles. The van der Waals surface area contributed by atoms with E-state index in [1.165, 1.54) is 19.3 Å². The normalized spacial score (nSPS) is 25.5. The van der Waals surface area contributed by atoms with E-state index in [2.05, 4.69) is 12.2 Å². The molecular weight excluding hydrogens is 126 g/mol. The molecule has 60 valence electrons. The van der Waals surface area contributed by atoms with E-state index in [4.69, 9.17) is 4.74 Å². The second kappa shape index (κ2) is 4.69. The molecule has 1 aliphatic heterocycles. The first-order valence-corrected chi connectivity index (χ1v) is 4.26. The van der Waals surface area contributed by atoms with Gasteiger partial charge in [0.15, 0.2) is 0 Å². The van der Waals surface area contributed by atoms with Crippen molar-refractivity contribution >= 4 is 0 Å². The molecular formula is C8H17NO. The fourth-order valence-electron chi connectivity index (χ4n) is 1.16. The molecule has 0 saturated carbocycles. The summed E-state index contributed by atoms with van der Waals surface area (Å²) in [6.07, 6.45) is 4.15. The van der Waals surface area contributed by atoms with Gasteiger partial charge in [-0.25, -0.2) is 0 Å². The molecule has 0 spiro atoms. The maximum absolute atomic E-state index is 5.58. The molecule has 1 aliphatic rings. The first-order valence-electron chi connectivity index (χ1n) is 4.26. The summed E-state index contributed by atoms with van der Waals surface area (Å²) in [5, 5.41) is 3.27. The zero-order valence-corrected chi connectivity index (χ0v) is 6.73. The monoisotopic (exact) mass is 143 g/mol. The Morgan fingerprint density at radius 2 is 2.50 bits per heavy atom. The van der Waals surface area contributed by atoms with Crippen molar-refractivity contribution in [3.05, 3.63) is 0 Å². The fraction of sp³-hybridized carbons (Fsp3) is 1.00. The average molecular weight is 143 g/mol. The van der Waals surface area contributed by atoms with Gasteiger partial charge in [-0.05, 0) is 19.4 Å². The van der Waals surface area contributed by atoms with Crippen LogP contribution in [-0.4, -0.2) is 25.8 Å². The Kier molecular flexibility index (Phi) is 3.76. The predicted molar refractivity (Wildman–Crippen MR) is 42.1 cm³/mol. The molecule has 0 radical (unpaired) electrons. The molecule has 1 rings (SSSR count). The van der Waals surface area contributed by atoms with Crippen molar-refractivity contribution in [1.82, 2.24) is 5.32 Å². The van der Waals surface area contributed by atoms with Gasteiger partial charge in [-0.15, -0.1) is 0 Å². The van der Waals surface area contributed by atoms with Gasteiger partial charge >= 0.3 is 0 Å². The molecule has 0 aromatic rings. The van der Waals surface area contributed by atoms with Crippen LogP contribution in [0.1, 0.15) is 26.2 Å². The number of unbranched alkanes of at least 4 members (excludes halogenated alkanes) is 1. The van der Waals surface area contributed by atoms with Crippen LogP contribution in [0.2, 0.25) is 0 Å². The smallest absolute Gasteiger partial charge is 0.0711 e. The Balaban J connectivity index is 1.91. The molecule has 0 aromatic heterocycles. The summed E-state index contributed by atoms with van der Waals surface area (Å²) in [5.41, 5.74) is 0. The first kappa shape index (κ1) is 8.02. The Hall–Kier alpha value is -0.0800. The first-order chi connectivity index (χ1) is 4.93. The van der Waals surface area contributed by atoms with Crippen LogP contribution >= 0.6 is 0 Å². The van der Waals surface area contributed by atoms with Gasteiger partial charge in [0.05, 0.1) is 6.10 Å². The van der Waals surface area contributed by atoms with Gasteiger partial charge in [0.25, 0.3) is 0 Å². The summed E-state index contributed by atoms with van der Waals surface area (Å²) < 4.78 is 5.58. The number of rotatable bonds is 4. The van der Waals surface area contributed by atoms with E-state index in [-0.39, 0.29) is 0 Å². The molecule has 0 aliphatic carbocycles. The highest BCUT2D eigenvalue weighted by atomic mass is 16.5. The van der Waals surface area contributed by atoms with Gasteiger partial charge in [0.2, 0.25) is 0 Å². The molecule has 0 aromatic carbocycles. The van der Waals surface area contributed by atoms with Crippen LogP contribution in [0.3, 0.4) is 0 Å². The Morgan fingerprint density at radius 1 is 1.60 bits per heavy atom. The molecule has 1 fully saturated rings. The van der Waals surface area contributed by atoms with Crippen molar-refractivity contribution in [3.63, 3.8) is 0 Å². The predicted octanol–water partition coefficient (Wildman–Crippen LogP) is 1.17. The van der Waals surface area contributed by atoms with E-state index in [0.717, 1.165) is 19.7 Å². The molecule has 1 unspecified atom stereocenters. The van der Waals surface area contributed by atoms with Crippen molar-refractivity contribution in [2.75, 3.05) is 19.7 Å². The Labute approximate surface area is 63.0 Å². The van der Waals surface area contributed by atoms with E-state index in [9.17, 15) is 0 Å². The molecule has 2 nitrogen and oxygen atoms in total. The van der Waals surface area contributed by atoms with Gasteiger partial charge in [0, 0.05) is 13.2 Å². The molecule has 1 heterocycles. The van der Waals surface area contributed by atoms with Crippen molar-refractivity contribution in [3.8, 4) is 0 Å². The second-order valence-corrected chi connectivity index (χ2v) is 2.84. The number of hydrogen-bond donors (Lipinski definition) is 1. The zero-order valence-electron chi connectivity index (χ0n) is 6.73. The van der Waals surface area contributed by atoms with E-state index < -0.39 is 0 Å². The average Bonchev–Trinajstić information content (AvgIpc) is 2.41. The van der Waals surface area contributed by atoms with Crippen molar-refractivity contribution < 1.29 is 4.74 Å². The van der Waals surface area contributed by atoms with Crippen LogP contribution < -0.4 is 5.32 Å². The van der Waals surface area contributed by atoms with E-state index in [0.29, 0.717) is 6.10 Å². The molecule has 0 bridgehead atoms. The summed E-state index contributed by atoms with van der Waals surface area (Å²) in [7, 11) is 0. The lowest BCUT2D eigenvalue weighted by atomic mass is 10.3. The molecule has 10 heavy (non-hydrogen) atoms. The lowest BCUT2D eigenvalue weighted by molar-refractivity contribution is 0.0651. The lowest BCUT2D eigenvalue weighted by Gasteiger charge is -2.08. The molecule has 1 atom stereocenters. The SMILES string of the molecule is CCCCOC1CCNC1. The second-order valence-electron chi connectivity index (χ2n) is 2.84. The summed E-state index contributed by atoms with van der Waals surface area (Å²) in [6, 6.07) is 0. The maximum atomic E-state index is 5.58. The van der Waals surface area contributed by atoms with E-state index in [1.807, 2.05) is 0 Å². The minimum atomic E-state index is 0.506. The van der Waals surface area contributed by atoms with Crippen LogP contribution in [0.25, 0.3) is 0 Å².